The average molecular weight is 665 g/mol. The van der Waals surface area contributed by atoms with Crippen LogP contribution in [0.5, 0.6) is 0 Å². The fraction of sp³-hybridized carbons (Fsp3) is 0.889. The number of hydrogen-bond acceptors (Lipinski definition) is 11. The lowest BCUT2D eigenvalue weighted by Crippen LogP contribution is -2.69. The summed E-state index contributed by atoms with van der Waals surface area (Å²) in [6.07, 6.45) is -3.56. The van der Waals surface area contributed by atoms with Crippen molar-refractivity contribution in [2.45, 2.75) is 136 Å². The number of allylic oxidation sites excluding steroid dienone is 2. The molecule has 0 aromatic carbocycles. The number of hydrogen-bond donors (Lipinski definition) is 7. The molecule has 11 heteroatoms. The van der Waals surface area contributed by atoms with Gasteiger partial charge < -0.3 is 45.2 Å². The van der Waals surface area contributed by atoms with Crippen molar-refractivity contribution in [2.24, 2.45) is 50.2 Å². The van der Waals surface area contributed by atoms with Gasteiger partial charge in [-0.1, -0.05) is 47.1 Å². The molecule has 1 saturated heterocycles. The maximum Gasteiger partial charge on any atom is 0.315 e. The van der Waals surface area contributed by atoms with Gasteiger partial charge in [0.05, 0.1) is 30.8 Å². The third kappa shape index (κ3) is 4.74. The summed E-state index contributed by atoms with van der Waals surface area (Å²) in [5.74, 6) is -1.60. The van der Waals surface area contributed by atoms with Gasteiger partial charge in [-0.15, -0.1) is 0 Å². The van der Waals surface area contributed by atoms with Gasteiger partial charge in [0.2, 0.25) is 6.29 Å². The smallest absolute Gasteiger partial charge is 0.315 e. The van der Waals surface area contributed by atoms with Crippen LogP contribution in [0.3, 0.4) is 0 Å². The molecule has 5 fully saturated rings. The van der Waals surface area contributed by atoms with Crippen molar-refractivity contribution in [3.63, 3.8) is 0 Å². The molecule has 0 aromatic rings. The van der Waals surface area contributed by atoms with Crippen LogP contribution in [0.4, 0.5) is 0 Å². The first-order chi connectivity index (χ1) is 21.8. The zero-order chi connectivity index (χ0) is 34.7. The van der Waals surface area contributed by atoms with Crippen molar-refractivity contribution in [1.29, 1.82) is 0 Å². The molecule has 0 unspecified atom stereocenters. The van der Waals surface area contributed by atoms with Crippen LogP contribution in [-0.4, -0.2) is 104 Å². The van der Waals surface area contributed by atoms with Crippen molar-refractivity contribution in [2.75, 3.05) is 13.2 Å². The van der Waals surface area contributed by atoms with Gasteiger partial charge in [0.25, 0.3) is 0 Å². The highest BCUT2D eigenvalue weighted by atomic mass is 16.7. The Labute approximate surface area is 277 Å². The zero-order valence-corrected chi connectivity index (χ0v) is 28.7. The van der Waals surface area contributed by atoms with Gasteiger partial charge in [-0.3, -0.25) is 9.59 Å². The molecule has 11 nitrogen and oxygen atoms in total. The minimum Gasteiger partial charge on any atom is -0.432 e. The van der Waals surface area contributed by atoms with E-state index < -0.39 is 88.5 Å². The first-order valence-electron chi connectivity index (χ1n) is 17.5. The first-order valence-corrected chi connectivity index (χ1v) is 17.5. The SMILES string of the molecule is CC1(C)CC[C@]2(C(=O)O[C@H]3O[C@@H](CO)[C@H](O)[C@@H](O)[C@@H]3O)CC[C@]3(C)C(=CC(=O)[C@@H]4[C@@]5(C)C[C@@H](O)[C@H](O)[C@@](C)(CO)[C@@H]5CC[C@]43C)[C@@H]2C1. The molecule has 1 heterocycles. The highest BCUT2D eigenvalue weighted by Crippen LogP contribution is 2.75. The molecule has 0 radical (unpaired) electrons. The first kappa shape index (κ1) is 35.4. The number of aliphatic hydroxyl groups is 7. The molecule has 0 spiro atoms. The van der Waals surface area contributed by atoms with Crippen molar-refractivity contribution in [3.05, 3.63) is 11.6 Å². The lowest BCUT2D eigenvalue weighted by atomic mass is 9.33. The predicted octanol–water partition coefficient (Wildman–Crippen LogP) is 1.61. The van der Waals surface area contributed by atoms with Gasteiger partial charge in [-0.2, -0.15) is 0 Å². The Morgan fingerprint density at radius 3 is 2.19 bits per heavy atom. The highest BCUT2D eigenvalue weighted by Gasteiger charge is 2.72. The maximum absolute atomic E-state index is 14.7. The van der Waals surface area contributed by atoms with Gasteiger partial charge in [0.15, 0.2) is 5.78 Å². The molecule has 47 heavy (non-hydrogen) atoms. The minimum atomic E-state index is -1.71. The number of ketones is 1. The molecule has 1 aliphatic heterocycles. The Balaban J connectivity index is 1.40. The summed E-state index contributed by atoms with van der Waals surface area (Å²) in [6.45, 7) is 11.7. The van der Waals surface area contributed by atoms with Crippen molar-refractivity contribution < 1.29 is 54.8 Å². The topological polar surface area (TPSA) is 194 Å². The highest BCUT2D eigenvalue weighted by molar-refractivity contribution is 5.96. The second kappa shape index (κ2) is 11.3. The van der Waals surface area contributed by atoms with Gasteiger partial charge in [0.1, 0.15) is 24.4 Å². The Morgan fingerprint density at radius 1 is 0.894 bits per heavy atom. The van der Waals surface area contributed by atoms with E-state index in [-0.39, 0.29) is 36.1 Å². The number of carbonyl (C=O) groups is 2. The third-order valence-electron chi connectivity index (χ3n) is 14.9. The van der Waals surface area contributed by atoms with Crippen LogP contribution in [-0.2, 0) is 19.1 Å². The molecule has 0 bridgehead atoms. The van der Waals surface area contributed by atoms with Crippen molar-refractivity contribution in [1.82, 2.24) is 0 Å². The standard InChI is InChI=1S/C36H56O11/c1-31(2)9-11-36(30(45)47-29-26(43)25(42)24(41)22(16-37)46-29)12-10-34(5)18(19(36)14-31)13-20(39)27-32(3)15-21(40)28(44)33(4,17-38)23(32)7-8-35(27,34)6/h13,19,21-29,37-38,40-44H,7-12,14-17H2,1-6H3/t19-,21+,22-,23+,24-,25+,26-,27+,28-,29+,32-,33-,34+,35+,36-/m0/s1. The molecule has 15 atom stereocenters. The molecular formula is C36H56O11. The number of aliphatic hydroxyl groups excluding tert-OH is 7. The quantitative estimate of drug-likeness (QED) is 0.216. The Morgan fingerprint density at radius 2 is 1.55 bits per heavy atom. The van der Waals surface area contributed by atoms with Gasteiger partial charge in [-0.05, 0) is 90.9 Å². The summed E-state index contributed by atoms with van der Waals surface area (Å²) >= 11 is 0. The summed E-state index contributed by atoms with van der Waals surface area (Å²) in [5, 5.41) is 73.7. The van der Waals surface area contributed by atoms with Gasteiger partial charge in [-0.25, -0.2) is 0 Å². The average Bonchev–Trinajstić information content (AvgIpc) is 3.00. The van der Waals surface area contributed by atoms with E-state index in [2.05, 4.69) is 34.6 Å². The largest absolute Gasteiger partial charge is 0.432 e. The molecule has 0 amide bonds. The van der Waals surface area contributed by atoms with Crippen LogP contribution in [0.15, 0.2) is 11.6 Å². The second-order valence-corrected chi connectivity index (χ2v) is 17.8. The number of rotatable bonds is 4. The summed E-state index contributed by atoms with van der Waals surface area (Å²) in [4.78, 5) is 29.0. The van der Waals surface area contributed by atoms with Gasteiger partial charge in [0, 0.05) is 11.3 Å². The predicted molar refractivity (Wildman–Crippen MR) is 168 cm³/mol. The monoisotopic (exact) mass is 664 g/mol. The van der Waals surface area contributed by atoms with E-state index in [4.69, 9.17) is 9.47 Å². The Bertz CT molecular complexity index is 1310. The third-order valence-corrected chi connectivity index (χ3v) is 14.9. The van der Waals surface area contributed by atoms with Gasteiger partial charge >= 0.3 is 5.97 Å². The van der Waals surface area contributed by atoms with E-state index in [1.54, 1.807) is 6.08 Å². The fourth-order valence-electron chi connectivity index (χ4n) is 12.0. The summed E-state index contributed by atoms with van der Waals surface area (Å²) in [7, 11) is 0. The summed E-state index contributed by atoms with van der Waals surface area (Å²) in [5.41, 5.74) is -2.82. The molecule has 266 valence electrons. The molecule has 6 aliphatic rings. The molecular weight excluding hydrogens is 608 g/mol. The van der Waals surface area contributed by atoms with E-state index in [1.807, 2.05) is 6.92 Å². The van der Waals surface area contributed by atoms with Crippen LogP contribution >= 0.6 is 0 Å². The Kier molecular flexibility index (Phi) is 8.50. The molecule has 5 aliphatic carbocycles. The van der Waals surface area contributed by atoms with Crippen LogP contribution in [0, 0.1) is 50.2 Å². The molecule has 4 saturated carbocycles. The minimum absolute atomic E-state index is 0.0439. The van der Waals surface area contributed by atoms with Crippen LogP contribution in [0.2, 0.25) is 0 Å². The van der Waals surface area contributed by atoms with E-state index >= 15 is 0 Å². The fourth-order valence-corrected chi connectivity index (χ4v) is 12.0. The van der Waals surface area contributed by atoms with E-state index in [9.17, 15) is 45.3 Å². The van der Waals surface area contributed by atoms with Crippen LogP contribution in [0.1, 0.15) is 92.9 Å². The lowest BCUT2D eigenvalue weighted by molar-refractivity contribution is -0.297. The van der Waals surface area contributed by atoms with Crippen LogP contribution in [0.25, 0.3) is 0 Å². The summed E-state index contributed by atoms with van der Waals surface area (Å²) in [6, 6.07) is 0. The number of ether oxygens (including phenoxy) is 2. The maximum atomic E-state index is 14.7. The van der Waals surface area contributed by atoms with E-state index in [0.717, 1.165) is 12.0 Å². The van der Waals surface area contributed by atoms with Crippen LogP contribution < -0.4 is 0 Å². The van der Waals surface area contributed by atoms with Crippen molar-refractivity contribution >= 4 is 11.8 Å². The Hall–Kier alpha value is -1.44. The van der Waals surface area contributed by atoms with E-state index in [0.29, 0.717) is 38.5 Å². The molecule has 6 rings (SSSR count). The molecule has 0 aromatic heterocycles. The normalized spacial score (nSPS) is 53.9. The number of carbonyl (C=O) groups excluding carboxylic acids is 2. The molecule has 7 N–H and O–H groups in total. The zero-order valence-electron chi connectivity index (χ0n) is 28.7. The lowest BCUT2D eigenvalue weighted by Gasteiger charge is -2.70. The number of esters is 1. The number of fused-ring (bicyclic) bond motifs is 7. The second-order valence-electron chi connectivity index (χ2n) is 17.8. The van der Waals surface area contributed by atoms with E-state index in [1.165, 1.54) is 0 Å². The van der Waals surface area contributed by atoms with Crippen molar-refractivity contribution in [3.8, 4) is 0 Å². The summed E-state index contributed by atoms with van der Waals surface area (Å²) < 4.78 is 11.4.